The second kappa shape index (κ2) is 16.9. The van der Waals surface area contributed by atoms with Crippen LogP contribution in [0.2, 0.25) is 0 Å². The third-order valence-electron chi connectivity index (χ3n) is 9.51. The van der Waals surface area contributed by atoms with Crippen LogP contribution in [0.25, 0.3) is 0 Å². The molecule has 1 saturated carbocycles. The number of carbonyl (C=O) groups is 4. The molecule has 12 heteroatoms. The summed E-state index contributed by atoms with van der Waals surface area (Å²) in [5.41, 5.74) is 3.51. The Balaban J connectivity index is 1.20. The molecular weight excluding hydrogens is 620 g/mol. The van der Waals surface area contributed by atoms with Crippen LogP contribution in [0, 0.1) is 17.2 Å². The number of nitriles is 1. The molecule has 0 spiro atoms. The number of anilines is 1. The lowest BCUT2D eigenvalue weighted by atomic mass is 9.83. The second-order valence-electron chi connectivity index (χ2n) is 13.0. The largest absolute Gasteiger partial charge is 0.344 e. The fourth-order valence-corrected chi connectivity index (χ4v) is 6.70. The maximum absolute atomic E-state index is 13.7. The number of aromatic nitrogens is 2. The van der Waals surface area contributed by atoms with Crippen LogP contribution >= 0.6 is 0 Å². The first-order valence-corrected chi connectivity index (χ1v) is 17.2. The molecule has 2 aliphatic rings. The Morgan fingerprint density at radius 2 is 1.67 bits per heavy atom. The van der Waals surface area contributed by atoms with Gasteiger partial charge in [0.05, 0.1) is 11.6 Å². The van der Waals surface area contributed by atoms with Crippen molar-refractivity contribution in [3.8, 4) is 6.07 Å². The molecule has 4 amide bonds. The zero-order valence-electron chi connectivity index (χ0n) is 28.4. The highest BCUT2D eigenvalue weighted by atomic mass is 16.2. The van der Waals surface area contributed by atoms with Crippen molar-refractivity contribution in [1.29, 1.82) is 5.26 Å². The van der Waals surface area contributed by atoms with Crippen LogP contribution < -0.4 is 16.0 Å². The predicted molar refractivity (Wildman–Crippen MR) is 185 cm³/mol. The summed E-state index contributed by atoms with van der Waals surface area (Å²) in [5, 5.41) is 22.2. The van der Waals surface area contributed by atoms with E-state index < -0.39 is 12.1 Å². The summed E-state index contributed by atoms with van der Waals surface area (Å²) in [5.74, 6) is -0.881. The Morgan fingerprint density at radius 3 is 2.33 bits per heavy atom. The van der Waals surface area contributed by atoms with Gasteiger partial charge in [-0.2, -0.15) is 10.4 Å². The van der Waals surface area contributed by atoms with Crippen molar-refractivity contribution >= 4 is 29.3 Å². The van der Waals surface area contributed by atoms with Gasteiger partial charge in [-0.1, -0.05) is 50.5 Å². The van der Waals surface area contributed by atoms with E-state index in [1.54, 1.807) is 44.4 Å². The van der Waals surface area contributed by atoms with Gasteiger partial charge < -0.3 is 20.9 Å². The van der Waals surface area contributed by atoms with Crippen LogP contribution in [0.4, 0.5) is 5.69 Å². The van der Waals surface area contributed by atoms with Gasteiger partial charge in [0.25, 0.3) is 5.91 Å². The first-order chi connectivity index (χ1) is 23.7. The van der Waals surface area contributed by atoms with Crippen LogP contribution in [0.15, 0.2) is 60.8 Å². The van der Waals surface area contributed by atoms with E-state index in [4.69, 9.17) is 0 Å². The summed E-state index contributed by atoms with van der Waals surface area (Å²) in [6.07, 6.45) is 7.03. The Morgan fingerprint density at radius 1 is 0.939 bits per heavy atom. The molecule has 258 valence electrons. The number of carbonyl (C=O) groups excluding carboxylic acids is 4. The molecule has 2 heterocycles. The fourth-order valence-electron chi connectivity index (χ4n) is 6.70. The molecule has 3 N–H and O–H groups in total. The third kappa shape index (κ3) is 9.54. The topological polar surface area (TPSA) is 152 Å². The van der Waals surface area contributed by atoms with Crippen molar-refractivity contribution in [1.82, 2.24) is 30.2 Å². The van der Waals surface area contributed by atoms with E-state index in [2.05, 4.69) is 32.0 Å². The van der Waals surface area contributed by atoms with Gasteiger partial charge in [0.15, 0.2) is 0 Å². The van der Waals surface area contributed by atoms with Crippen molar-refractivity contribution in [2.75, 3.05) is 31.5 Å². The summed E-state index contributed by atoms with van der Waals surface area (Å²) in [4.78, 5) is 56.8. The number of benzene rings is 2. The van der Waals surface area contributed by atoms with Gasteiger partial charge in [0.2, 0.25) is 17.7 Å². The Bertz CT molecular complexity index is 1650. The van der Waals surface area contributed by atoms with Gasteiger partial charge in [-0.15, -0.1) is 0 Å². The van der Waals surface area contributed by atoms with Gasteiger partial charge in [0.1, 0.15) is 17.8 Å². The Hall–Kier alpha value is -5.02. The summed E-state index contributed by atoms with van der Waals surface area (Å²) in [6, 6.07) is 17.3. The van der Waals surface area contributed by atoms with E-state index in [9.17, 15) is 24.4 Å². The van der Waals surface area contributed by atoms with Crippen molar-refractivity contribution < 1.29 is 19.2 Å². The molecule has 2 fully saturated rings. The lowest BCUT2D eigenvalue weighted by molar-refractivity contribution is -0.138. The number of hydrogen-bond donors (Lipinski definition) is 3. The van der Waals surface area contributed by atoms with Crippen LogP contribution in [0.3, 0.4) is 0 Å². The molecule has 1 saturated heterocycles. The van der Waals surface area contributed by atoms with Gasteiger partial charge in [-0.3, -0.25) is 28.8 Å². The highest BCUT2D eigenvalue weighted by molar-refractivity contribution is 6.00. The smallest absolute Gasteiger partial charge is 0.270 e. The number of nitrogens with one attached hydrogen (secondary N) is 3. The number of hydrogen-bond acceptors (Lipinski definition) is 7. The molecule has 1 aliphatic heterocycles. The van der Waals surface area contributed by atoms with Crippen LogP contribution in [0.1, 0.15) is 72.6 Å². The Labute approximate surface area is 287 Å². The minimum Gasteiger partial charge on any atom is -0.344 e. The standard InChI is InChI=1S/C37H46N8O4/c1-3-33(46)41-31(37(49)45-20-18-44(19-21-45)25-28-9-7-8-27(22-28)24-38)23-26-12-14-30(15-13-26)40-36(48)34(29-10-5-4-6-11-29)42-35(47)32-16-17-39-43(32)2/h7-9,12-17,22,29,31,34H,3-6,10-11,18-21,23,25H2,1-2H3,(H,40,48)(H,41,46)(H,42,47)/t31-,34+/m1/s1. The van der Waals surface area contributed by atoms with Gasteiger partial charge in [-0.25, -0.2) is 0 Å². The highest BCUT2D eigenvalue weighted by Crippen LogP contribution is 2.28. The van der Waals surface area contributed by atoms with E-state index >= 15 is 0 Å². The molecule has 3 aromatic rings. The first-order valence-electron chi connectivity index (χ1n) is 17.2. The number of nitrogens with zero attached hydrogens (tertiary/aromatic N) is 5. The summed E-state index contributed by atoms with van der Waals surface area (Å²) in [7, 11) is 1.69. The molecule has 5 rings (SSSR count). The summed E-state index contributed by atoms with van der Waals surface area (Å²) in [6.45, 7) is 4.92. The molecule has 1 aromatic heterocycles. The van der Waals surface area contributed by atoms with E-state index in [-0.39, 0.29) is 36.0 Å². The van der Waals surface area contributed by atoms with Crippen LogP contribution in [0.5, 0.6) is 0 Å². The van der Waals surface area contributed by atoms with Gasteiger partial charge >= 0.3 is 0 Å². The van der Waals surface area contributed by atoms with Crippen LogP contribution in [-0.4, -0.2) is 81.5 Å². The normalized spacial score (nSPS) is 16.6. The number of rotatable bonds is 12. The zero-order chi connectivity index (χ0) is 34.8. The number of aryl methyl sites for hydroxylation is 1. The minimum atomic E-state index is -0.718. The third-order valence-corrected chi connectivity index (χ3v) is 9.51. The van der Waals surface area contributed by atoms with Crippen molar-refractivity contribution in [3.05, 3.63) is 83.2 Å². The second-order valence-corrected chi connectivity index (χ2v) is 13.0. The molecular formula is C37H46N8O4. The van der Waals surface area contributed by atoms with Crippen LogP contribution in [-0.2, 0) is 34.4 Å². The lowest BCUT2D eigenvalue weighted by Crippen LogP contribution is -2.55. The maximum Gasteiger partial charge on any atom is 0.270 e. The lowest BCUT2D eigenvalue weighted by Gasteiger charge is -2.36. The fraction of sp³-hybridized carbons (Fsp3) is 0.459. The van der Waals surface area contributed by atoms with Crippen molar-refractivity contribution in [2.45, 2.75) is 70.5 Å². The maximum atomic E-state index is 13.7. The first kappa shape index (κ1) is 35.3. The molecule has 49 heavy (non-hydrogen) atoms. The molecule has 0 bridgehead atoms. The molecule has 2 aromatic carbocycles. The summed E-state index contributed by atoms with van der Waals surface area (Å²) < 4.78 is 1.49. The monoisotopic (exact) mass is 666 g/mol. The minimum absolute atomic E-state index is 0.0378. The average Bonchev–Trinajstić information content (AvgIpc) is 3.57. The predicted octanol–water partition coefficient (Wildman–Crippen LogP) is 3.39. The Kier molecular flexibility index (Phi) is 12.2. The van der Waals surface area contributed by atoms with Crippen molar-refractivity contribution in [2.24, 2.45) is 13.0 Å². The van der Waals surface area contributed by atoms with E-state index in [0.29, 0.717) is 56.1 Å². The van der Waals surface area contributed by atoms with Gasteiger partial charge in [0, 0.05) is 64.5 Å². The average molecular weight is 667 g/mol. The highest BCUT2D eigenvalue weighted by Gasteiger charge is 2.32. The molecule has 0 unspecified atom stereocenters. The number of piperazine rings is 1. The molecule has 0 radical (unpaired) electrons. The zero-order valence-corrected chi connectivity index (χ0v) is 28.4. The SMILES string of the molecule is CCC(=O)N[C@H](Cc1ccc(NC(=O)[C@@H](NC(=O)c2ccnn2C)C2CCCCC2)cc1)C(=O)N1CCN(Cc2cccc(C#N)c2)CC1. The van der Waals surface area contributed by atoms with E-state index in [1.807, 2.05) is 35.2 Å². The van der Waals surface area contributed by atoms with Gasteiger partial charge in [-0.05, 0) is 60.2 Å². The number of amides is 4. The molecule has 1 aliphatic carbocycles. The quantitative estimate of drug-likeness (QED) is 0.268. The molecule has 12 nitrogen and oxygen atoms in total. The van der Waals surface area contributed by atoms with Crippen molar-refractivity contribution in [3.63, 3.8) is 0 Å². The molecule has 2 atom stereocenters. The van der Waals surface area contributed by atoms with E-state index in [0.717, 1.165) is 43.2 Å². The summed E-state index contributed by atoms with van der Waals surface area (Å²) >= 11 is 0. The van der Waals surface area contributed by atoms with E-state index in [1.165, 1.54) is 4.68 Å².